The van der Waals surface area contributed by atoms with Crippen LogP contribution in [0.5, 0.6) is 0 Å². The van der Waals surface area contributed by atoms with Crippen molar-refractivity contribution < 1.29 is 39.0 Å². The molecule has 0 saturated heterocycles. The fraction of sp³-hybridized carbons (Fsp3) is 0.375. The first-order chi connectivity index (χ1) is 20.9. The van der Waals surface area contributed by atoms with Crippen LogP contribution in [0.4, 0.5) is 11.4 Å². The molecule has 2 aromatic carbocycles. The molecule has 0 aromatic heterocycles. The minimum absolute atomic E-state index is 0.147. The van der Waals surface area contributed by atoms with Crippen molar-refractivity contribution in [3.8, 4) is 0 Å². The average molecular weight is 609 g/mol. The van der Waals surface area contributed by atoms with Crippen molar-refractivity contribution in [1.29, 1.82) is 0 Å². The van der Waals surface area contributed by atoms with E-state index in [0.29, 0.717) is 60.6 Å². The van der Waals surface area contributed by atoms with Crippen LogP contribution in [0.2, 0.25) is 0 Å². The molecule has 0 aliphatic heterocycles. The third kappa shape index (κ3) is 10.5. The summed E-state index contributed by atoms with van der Waals surface area (Å²) in [6.07, 6.45) is 1.79. The van der Waals surface area contributed by atoms with Crippen molar-refractivity contribution in [3.63, 3.8) is 0 Å². The van der Waals surface area contributed by atoms with Crippen LogP contribution in [0.1, 0.15) is 72.4 Å². The zero-order chi connectivity index (χ0) is 32.8. The van der Waals surface area contributed by atoms with E-state index in [1.807, 2.05) is 0 Å². The lowest BCUT2D eigenvalue weighted by Gasteiger charge is -2.20. The molecule has 0 fully saturated rings. The Morgan fingerprint density at radius 1 is 0.614 bits per heavy atom. The Bertz CT molecular complexity index is 1310. The molecule has 1 aliphatic rings. The molecule has 2 amide bonds. The predicted octanol–water partition coefficient (Wildman–Crippen LogP) is 3.51. The third-order valence-corrected chi connectivity index (χ3v) is 7.05. The van der Waals surface area contributed by atoms with E-state index in [1.54, 1.807) is 36.4 Å². The summed E-state index contributed by atoms with van der Waals surface area (Å²) in [7, 11) is 0. The van der Waals surface area contributed by atoms with Gasteiger partial charge in [-0.3, -0.25) is 19.2 Å². The molecular formula is C32H40N4O8. The van der Waals surface area contributed by atoms with Crippen LogP contribution < -0.4 is 10.6 Å². The van der Waals surface area contributed by atoms with Gasteiger partial charge >= 0.3 is 11.9 Å². The second-order valence-corrected chi connectivity index (χ2v) is 9.84. The highest BCUT2D eigenvalue weighted by Gasteiger charge is 2.30. The summed E-state index contributed by atoms with van der Waals surface area (Å²) in [5.41, 5.74) is 2.07. The summed E-state index contributed by atoms with van der Waals surface area (Å²) < 4.78 is 0. The van der Waals surface area contributed by atoms with Crippen molar-refractivity contribution in [3.05, 3.63) is 70.8 Å². The highest BCUT2D eigenvalue weighted by Crippen LogP contribution is 2.31. The van der Waals surface area contributed by atoms with Gasteiger partial charge in [-0.05, 0) is 62.6 Å². The second kappa shape index (κ2) is 17.4. The van der Waals surface area contributed by atoms with E-state index in [1.165, 1.54) is 0 Å². The average Bonchev–Trinajstić information content (AvgIpc) is 3.00. The zero-order valence-corrected chi connectivity index (χ0v) is 25.5. The van der Waals surface area contributed by atoms with Crippen LogP contribution in [-0.2, 0) is 19.2 Å². The van der Waals surface area contributed by atoms with Gasteiger partial charge in [0.15, 0.2) is 11.6 Å². The van der Waals surface area contributed by atoms with Crippen LogP contribution in [0.25, 0.3) is 0 Å². The number of anilines is 2. The Kier molecular flexibility index (Phi) is 14.1. The van der Waals surface area contributed by atoms with Gasteiger partial charge in [0.2, 0.25) is 11.8 Å². The van der Waals surface area contributed by atoms with E-state index in [0.717, 1.165) is 26.2 Å². The summed E-state index contributed by atoms with van der Waals surface area (Å²) in [5, 5.41) is 21.3. The summed E-state index contributed by atoms with van der Waals surface area (Å²) in [5.74, 6) is -3.37. The highest BCUT2D eigenvalue weighted by molar-refractivity contribution is 6.29. The Labute approximate surface area is 256 Å². The molecule has 236 valence electrons. The molecule has 4 N–H and O–H groups in total. The summed E-state index contributed by atoms with van der Waals surface area (Å²) in [6, 6.07) is 9.58. The van der Waals surface area contributed by atoms with Crippen molar-refractivity contribution in [1.82, 2.24) is 9.80 Å². The van der Waals surface area contributed by atoms with Crippen LogP contribution in [-0.4, -0.2) is 94.6 Å². The normalized spacial score (nSPS) is 12.0. The molecule has 2 aromatic rings. The largest absolute Gasteiger partial charge is 0.478 e. The molecular weight excluding hydrogens is 568 g/mol. The first kappa shape index (κ1) is 35.5. The van der Waals surface area contributed by atoms with Crippen LogP contribution >= 0.6 is 0 Å². The number of hydrogen-bond donors (Lipinski definition) is 4. The molecule has 0 saturated carbocycles. The van der Waals surface area contributed by atoms with Gasteiger partial charge in [0, 0.05) is 71.7 Å². The van der Waals surface area contributed by atoms with Gasteiger partial charge in [0.05, 0.1) is 0 Å². The third-order valence-electron chi connectivity index (χ3n) is 7.05. The van der Waals surface area contributed by atoms with E-state index in [-0.39, 0.29) is 34.5 Å². The molecule has 1 aliphatic carbocycles. The number of carbonyl (C=O) groups excluding carboxylic acids is 4. The van der Waals surface area contributed by atoms with Gasteiger partial charge in [0.25, 0.3) is 0 Å². The summed E-state index contributed by atoms with van der Waals surface area (Å²) in [6.45, 7) is 13.0. The van der Waals surface area contributed by atoms with Gasteiger partial charge in [-0.2, -0.15) is 0 Å². The number of nitrogens with one attached hydrogen (secondary N) is 2. The molecule has 12 heteroatoms. The molecule has 0 bridgehead atoms. The van der Waals surface area contributed by atoms with Gasteiger partial charge in [-0.1, -0.05) is 27.7 Å². The van der Waals surface area contributed by atoms with Gasteiger partial charge in [0.1, 0.15) is 0 Å². The van der Waals surface area contributed by atoms with Gasteiger partial charge < -0.3 is 30.6 Å². The monoisotopic (exact) mass is 608 g/mol. The smallest absolute Gasteiger partial charge is 0.328 e. The second-order valence-electron chi connectivity index (χ2n) is 9.84. The zero-order valence-electron chi connectivity index (χ0n) is 25.5. The molecule has 0 heterocycles. The standard InChI is InChI=1S/C28H36N4O4.C4H4O4/c1-5-31(6-2)15-13-25(33)29-19-9-11-21-23(17-19)28(36)24-18-20(10-12-22(24)27(21)35)30-26(34)14-16-32(7-3)8-4;5-3(6)1-2-4(7)8/h9-12,17-18H,5-8,13-16H2,1-4H3,(H,29,33)(H,30,34);1-2H,(H,5,6)(H,7,8)/b;2-1-. The minimum Gasteiger partial charge on any atom is -0.478 e. The van der Waals surface area contributed by atoms with Crippen LogP contribution in [0.15, 0.2) is 48.6 Å². The molecule has 44 heavy (non-hydrogen) atoms. The van der Waals surface area contributed by atoms with E-state index < -0.39 is 11.9 Å². The maximum atomic E-state index is 13.3. The Morgan fingerprint density at radius 2 is 0.955 bits per heavy atom. The molecule has 0 unspecified atom stereocenters. The van der Waals surface area contributed by atoms with Crippen molar-refractivity contribution in [2.75, 3.05) is 49.9 Å². The number of benzene rings is 2. The number of ketones is 2. The Hall–Kier alpha value is -4.68. The number of rotatable bonds is 14. The first-order valence-corrected chi connectivity index (χ1v) is 14.5. The van der Waals surface area contributed by atoms with E-state index in [2.05, 4.69) is 48.1 Å². The number of aliphatic carboxylic acids is 2. The van der Waals surface area contributed by atoms with Crippen molar-refractivity contribution in [2.45, 2.75) is 40.5 Å². The number of carboxylic acid groups (broad SMARTS) is 2. The molecule has 12 nitrogen and oxygen atoms in total. The molecule has 0 spiro atoms. The van der Waals surface area contributed by atoms with E-state index >= 15 is 0 Å². The SMILES string of the molecule is CCN(CC)CCC(=O)Nc1ccc2c(c1)C(=O)c1cc(NC(=O)CCN(CC)CC)ccc1C2=O.O=C(O)/C=C\C(=O)O. The maximum Gasteiger partial charge on any atom is 0.328 e. The van der Waals surface area contributed by atoms with E-state index in [9.17, 15) is 28.8 Å². The van der Waals surface area contributed by atoms with Crippen molar-refractivity contribution >= 4 is 46.7 Å². The summed E-state index contributed by atoms with van der Waals surface area (Å²) in [4.78, 5) is 74.6. The lowest BCUT2D eigenvalue weighted by atomic mass is 9.83. The van der Waals surface area contributed by atoms with Gasteiger partial charge in [-0.25, -0.2) is 9.59 Å². The lowest BCUT2D eigenvalue weighted by Crippen LogP contribution is -2.28. The fourth-order valence-electron chi connectivity index (χ4n) is 4.49. The first-order valence-electron chi connectivity index (χ1n) is 14.5. The predicted molar refractivity (Wildman–Crippen MR) is 166 cm³/mol. The quantitative estimate of drug-likeness (QED) is 0.198. The topological polar surface area (TPSA) is 173 Å². The van der Waals surface area contributed by atoms with E-state index in [4.69, 9.17) is 10.2 Å². The Balaban J connectivity index is 0.000000742. The fourth-order valence-corrected chi connectivity index (χ4v) is 4.49. The lowest BCUT2D eigenvalue weighted by molar-refractivity contribution is -0.134. The molecule has 0 radical (unpaired) electrons. The van der Waals surface area contributed by atoms with Gasteiger partial charge in [-0.15, -0.1) is 0 Å². The number of carbonyl (C=O) groups is 6. The number of fused-ring (bicyclic) bond motifs is 2. The van der Waals surface area contributed by atoms with Crippen LogP contribution in [0.3, 0.4) is 0 Å². The van der Waals surface area contributed by atoms with Crippen molar-refractivity contribution in [2.24, 2.45) is 0 Å². The number of nitrogens with zero attached hydrogens (tertiary/aromatic N) is 2. The highest BCUT2D eigenvalue weighted by atomic mass is 16.4. The number of hydrogen-bond acceptors (Lipinski definition) is 8. The maximum absolute atomic E-state index is 13.3. The summed E-state index contributed by atoms with van der Waals surface area (Å²) >= 11 is 0. The minimum atomic E-state index is -1.26. The Morgan fingerprint density at radius 3 is 1.27 bits per heavy atom. The molecule has 3 rings (SSSR count). The number of amides is 2. The number of carboxylic acids is 2. The van der Waals surface area contributed by atoms with Crippen LogP contribution in [0, 0.1) is 0 Å². The molecule has 0 atom stereocenters.